The van der Waals surface area contributed by atoms with Crippen molar-refractivity contribution in [1.82, 2.24) is 0 Å². The van der Waals surface area contributed by atoms with Crippen LogP contribution in [0, 0.1) is 0 Å². The van der Waals surface area contributed by atoms with Crippen LogP contribution in [-0.4, -0.2) is 0 Å². The molecule has 0 aliphatic heterocycles. The summed E-state index contributed by atoms with van der Waals surface area (Å²) in [5, 5.41) is 9.04. The number of rotatable bonds is 5. The lowest BCUT2D eigenvalue weighted by Gasteiger charge is -2.28. The van der Waals surface area contributed by atoms with Crippen molar-refractivity contribution in [2.24, 2.45) is 0 Å². The monoisotopic (exact) mass is 677 g/mol. The van der Waals surface area contributed by atoms with Gasteiger partial charge in [-0.25, -0.2) is 0 Å². The zero-order valence-corrected chi connectivity index (χ0v) is 28.7. The summed E-state index contributed by atoms with van der Waals surface area (Å²) in [5.41, 5.74) is 11.4. The summed E-state index contributed by atoms with van der Waals surface area (Å²) in [6.45, 7) is 0. The molecular formula is C50H31NO2. The molecule has 0 saturated heterocycles. The van der Waals surface area contributed by atoms with Crippen LogP contribution in [-0.2, 0) is 0 Å². The van der Waals surface area contributed by atoms with Crippen LogP contribution in [0.4, 0.5) is 17.1 Å². The van der Waals surface area contributed by atoms with Crippen molar-refractivity contribution in [3.05, 3.63) is 188 Å². The predicted octanol–water partition coefficient (Wildman–Crippen LogP) is 14.6. The second-order valence-electron chi connectivity index (χ2n) is 13.7. The maximum atomic E-state index is 6.65. The minimum absolute atomic E-state index is 0.881. The molecule has 3 nitrogen and oxygen atoms in total. The smallest absolute Gasteiger partial charge is 0.145 e. The van der Waals surface area contributed by atoms with Crippen LogP contribution in [0.15, 0.2) is 197 Å². The molecule has 0 N–H and O–H groups in total. The minimum Gasteiger partial charge on any atom is -0.455 e. The molecule has 0 spiro atoms. The number of hydrogen-bond acceptors (Lipinski definition) is 3. The number of anilines is 3. The number of fused-ring (bicyclic) bond motifs is 9. The van der Waals surface area contributed by atoms with Gasteiger partial charge in [0.1, 0.15) is 22.3 Å². The Kier molecular flexibility index (Phi) is 6.55. The summed E-state index contributed by atoms with van der Waals surface area (Å²) in [7, 11) is 0. The summed E-state index contributed by atoms with van der Waals surface area (Å²) in [6, 6.07) is 66.7. The maximum Gasteiger partial charge on any atom is 0.145 e. The van der Waals surface area contributed by atoms with Crippen molar-refractivity contribution in [1.29, 1.82) is 0 Å². The highest BCUT2D eigenvalue weighted by Gasteiger charge is 2.23. The summed E-state index contributed by atoms with van der Waals surface area (Å²) in [5.74, 6) is 0. The van der Waals surface area contributed by atoms with E-state index in [4.69, 9.17) is 8.83 Å². The summed E-state index contributed by atoms with van der Waals surface area (Å²) in [4.78, 5) is 2.40. The Morgan fingerprint density at radius 2 is 0.981 bits per heavy atom. The van der Waals surface area contributed by atoms with Crippen molar-refractivity contribution in [3.8, 4) is 22.3 Å². The van der Waals surface area contributed by atoms with Gasteiger partial charge in [0.2, 0.25) is 0 Å². The van der Waals surface area contributed by atoms with E-state index in [2.05, 4.69) is 181 Å². The molecule has 0 fully saturated rings. The fraction of sp³-hybridized carbons (Fsp3) is 0. The van der Waals surface area contributed by atoms with Crippen LogP contribution < -0.4 is 4.90 Å². The third-order valence-corrected chi connectivity index (χ3v) is 10.6. The van der Waals surface area contributed by atoms with Crippen molar-refractivity contribution in [2.75, 3.05) is 4.90 Å². The lowest BCUT2D eigenvalue weighted by atomic mass is 9.99. The average molecular weight is 678 g/mol. The highest BCUT2D eigenvalue weighted by molar-refractivity contribution is 6.22. The van der Waals surface area contributed by atoms with Gasteiger partial charge in [-0.1, -0.05) is 146 Å². The van der Waals surface area contributed by atoms with Crippen LogP contribution in [0.1, 0.15) is 0 Å². The molecule has 11 rings (SSSR count). The second-order valence-corrected chi connectivity index (χ2v) is 13.7. The van der Waals surface area contributed by atoms with E-state index in [9.17, 15) is 0 Å². The van der Waals surface area contributed by atoms with E-state index in [1.165, 1.54) is 10.8 Å². The number of nitrogens with zero attached hydrogens (tertiary/aromatic N) is 1. The van der Waals surface area contributed by atoms with Gasteiger partial charge in [-0.05, 0) is 69.9 Å². The number of benzene rings is 9. The van der Waals surface area contributed by atoms with E-state index in [1.54, 1.807) is 0 Å². The fourth-order valence-corrected chi connectivity index (χ4v) is 8.15. The van der Waals surface area contributed by atoms with Gasteiger partial charge in [0, 0.05) is 38.2 Å². The normalized spacial score (nSPS) is 11.8. The molecule has 0 amide bonds. The van der Waals surface area contributed by atoms with Crippen molar-refractivity contribution in [2.45, 2.75) is 0 Å². The highest BCUT2D eigenvalue weighted by Crippen LogP contribution is 2.47. The van der Waals surface area contributed by atoms with E-state index < -0.39 is 0 Å². The van der Waals surface area contributed by atoms with Gasteiger partial charge in [0.15, 0.2) is 0 Å². The van der Waals surface area contributed by atoms with Gasteiger partial charge in [-0.2, -0.15) is 0 Å². The van der Waals surface area contributed by atoms with Crippen LogP contribution >= 0.6 is 0 Å². The van der Waals surface area contributed by atoms with Gasteiger partial charge < -0.3 is 13.7 Å². The van der Waals surface area contributed by atoms with E-state index in [1.807, 2.05) is 12.1 Å². The summed E-state index contributed by atoms with van der Waals surface area (Å²) < 4.78 is 13.1. The lowest BCUT2D eigenvalue weighted by molar-refractivity contribution is 0.670. The van der Waals surface area contributed by atoms with Gasteiger partial charge >= 0.3 is 0 Å². The number of furan rings is 2. The SMILES string of the molecule is c1ccc(-c2cccc3c2oc2ccc(-c4ccc(N(c5cccc6ccccc56)c5cc6ccccc6c6oc7ccccc7c56)cc4)cc23)cc1. The van der Waals surface area contributed by atoms with Gasteiger partial charge in [-0.15, -0.1) is 0 Å². The molecule has 2 heterocycles. The fourth-order valence-electron chi connectivity index (χ4n) is 8.15. The first-order valence-corrected chi connectivity index (χ1v) is 18.0. The highest BCUT2D eigenvalue weighted by atomic mass is 16.3. The zero-order chi connectivity index (χ0) is 34.9. The van der Waals surface area contributed by atoms with Gasteiger partial charge in [0.05, 0.1) is 16.8 Å². The van der Waals surface area contributed by atoms with E-state index >= 15 is 0 Å². The van der Waals surface area contributed by atoms with E-state index in [0.717, 1.165) is 94.0 Å². The zero-order valence-electron chi connectivity index (χ0n) is 28.7. The van der Waals surface area contributed by atoms with Gasteiger partial charge in [0.25, 0.3) is 0 Å². The lowest BCUT2D eigenvalue weighted by Crippen LogP contribution is -2.11. The molecule has 0 unspecified atom stereocenters. The Morgan fingerprint density at radius 1 is 0.340 bits per heavy atom. The quantitative estimate of drug-likeness (QED) is 0.182. The van der Waals surface area contributed by atoms with E-state index in [0.29, 0.717) is 0 Å². The second kappa shape index (κ2) is 11.7. The summed E-state index contributed by atoms with van der Waals surface area (Å²) >= 11 is 0. The molecular weight excluding hydrogens is 647 g/mol. The van der Waals surface area contributed by atoms with E-state index in [-0.39, 0.29) is 0 Å². The summed E-state index contributed by atoms with van der Waals surface area (Å²) in [6.07, 6.45) is 0. The molecule has 0 atom stereocenters. The molecule has 248 valence electrons. The molecule has 0 aliphatic rings. The average Bonchev–Trinajstić information content (AvgIpc) is 3.81. The molecule has 9 aromatic carbocycles. The Bertz CT molecular complexity index is 3160. The Labute approximate surface area is 305 Å². The standard InChI is InChI=1S/C50H31NO2/c1-2-12-34(13-3-1)39-20-11-21-41-43-30-35(26-29-47(43)52-49(39)41)32-24-27-37(28-25-32)51(44-22-10-16-33-14-4-6-17-38(33)44)45-31-36-15-5-7-18-40(36)50-48(45)42-19-8-9-23-46(42)53-50/h1-31H. The molecule has 0 radical (unpaired) electrons. The third-order valence-electron chi connectivity index (χ3n) is 10.6. The predicted molar refractivity (Wildman–Crippen MR) is 222 cm³/mol. The Hall–Kier alpha value is -7.10. The third kappa shape index (κ3) is 4.68. The van der Waals surface area contributed by atoms with Crippen LogP contribution in [0.2, 0.25) is 0 Å². The van der Waals surface area contributed by atoms with Gasteiger partial charge in [-0.3, -0.25) is 0 Å². The minimum atomic E-state index is 0.881. The topological polar surface area (TPSA) is 29.5 Å². The molecule has 0 saturated carbocycles. The van der Waals surface area contributed by atoms with Crippen molar-refractivity contribution >= 4 is 82.5 Å². The molecule has 0 aliphatic carbocycles. The van der Waals surface area contributed by atoms with Crippen LogP contribution in [0.25, 0.3) is 87.7 Å². The molecule has 2 aromatic heterocycles. The molecule has 11 aromatic rings. The largest absolute Gasteiger partial charge is 0.455 e. The number of hydrogen-bond donors (Lipinski definition) is 0. The molecule has 0 bridgehead atoms. The number of para-hydroxylation sites is 2. The first kappa shape index (κ1) is 29.6. The van der Waals surface area contributed by atoms with Crippen LogP contribution in [0.3, 0.4) is 0 Å². The first-order chi connectivity index (χ1) is 26.3. The molecule has 53 heavy (non-hydrogen) atoms. The maximum absolute atomic E-state index is 6.65. The van der Waals surface area contributed by atoms with Crippen LogP contribution in [0.5, 0.6) is 0 Å². The Morgan fingerprint density at radius 3 is 1.85 bits per heavy atom. The van der Waals surface area contributed by atoms with Crippen molar-refractivity contribution in [3.63, 3.8) is 0 Å². The Balaban J connectivity index is 1.10. The first-order valence-electron chi connectivity index (χ1n) is 18.0. The van der Waals surface area contributed by atoms with Crippen molar-refractivity contribution < 1.29 is 8.83 Å². The molecule has 3 heteroatoms.